The van der Waals surface area contributed by atoms with E-state index in [4.69, 9.17) is 4.98 Å². The highest BCUT2D eigenvalue weighted by atomic mass is 16.2. The van der Waals surface area contributed by atoms with Gasteiger partial charge in [-0.05, 0) is 38.5 Å². The molecule has 0 saturated carbocycles. The molecular formula is C25H26N8O. The second-order valence-electron chi connectivity index (χ2n) is 9.01. The van der Waals surface area contributed by atoms with E-state index in [1.807, 2.05) is 57.7 Å². The van der Waals surface area contributed by atoms with E-state index in [0.717, 1.165) is 46.6 Å². The van der Waals surface area contributed by atoms with Crippen molar-refractivity contribution in [2.75, 3.05) is 18.0 Å². The molecule has 0 spiro atoms. The Balaban J connectivity index is 1.47. The lowest BCUT2D eigenvalue weighted by molar-refractivity contribution is -0.124. The number of nitrogens with one attached hydrogen (secondary N) is 1. The number of nitriles is 1. The molecule has 1 atom stereocenters. The van der Waals surface area contributed by atoms with Crippen molar-refractivity contribution in [3.63, 3.8) is 0 Å². The first kappa shape index (κ1) is 21.6. The van der Waals surface area contributed by atoms with Crippen molar-refractivity contribution in [2.24, 2.45) is 13.0 Å². The van der Waals surface area contributed by atoms with Gasteiger partial charge >= 0.3 is 0 Å². The smallest absolute Gasteiger partial charge is 0.225 e. The lowest BCUT2D eigenvalue weighted by Gasteiger charge is -2.18. The zero-order valence-corrected chi connectivity index (χ0v) is 19.4. The van der Waals surface area contributed by atoms with E-state index in [-0.39, 0.29) is 17.9 Å². The maximum Gasteiger partial charge on any atom is 0.225 e. The van der Waals surface area contributed by atoms with Crippen LogP contribution in [0.4, 0.5) is 5.82 Å². The summed E-state index contributed by atoms with van der Waals surface area (Å²) < 4.78 is 3.49. The number of anilines is 1. The van der Waals surface area contributed by atoms with Gasteiger partial charge in [0.05, 0.1) is 29.4 Å². The quantitative estimate of drug-likeness (QED) is 0.497. The molecule has 1 N–H and O–H groups in total. The highest BCUT2D eigenvalue weighted by molar-refractivity contribution is 5.87. The van der Waals surface area contributed by atoms with E-state index in [0.29, 0.717) is 12.1 Å². The van der Waals surface area contributed by atoms with Crippen LogP contribution >= 0.6 is 0 Å². The molecule has 9 nitrogen and oxygen atoms in total. The van der Waals surface area contributed by atoms with Crippen molar-refractivity contribution in [2.45, 2.75) is 26.3 Å². The third-order valence-corrected chi connectivity index (χ3v) is 6.14. The first-order valence-corrected chi connectivity index (χ1v) is 11.3. The van der Waals surface area contributed by atoms with E-state index in [1.165, 1.54) is 0 Å². The van der Waals surface area contributed by atoms with Crippen LogP contribution in [0.2, 0.25) is 0 Å². The highest BCUT2D eigenvalue weighted by Gasteiger charge is 2.29. The highest BCUT2D eigenvalue weighted by Crippen LogP contribution is 2.32. The number of amides is 1. The van der Waals surface area contributed by atoms with Crippen molar-refractivity contribution >= 4 is 17.2 Å². The summed E-state index contributed by atoms with van der Waals surface area (Å²) in [6.45, 7) is 5.41. The third-order valence-electron chi connectivity index (χ3n) is 6.14. The molecule has 1 aliphatic heterocycles. The molecule has 1 aliphatic rings. The monoisotopic (exact) mass is 454 g/mol. The maximum atomic E-state index is 12.4. The van der Waals surface area contributed by atoms with Gasteiger partial charge in [0.15, 0.2) is 0 Å². The standard InChI is InChI=1S/C25H26N8O/c1-16(2)30-25(34)18-6-7-32(14-18)23-5-4-17(10-27-23)22-8-19(21-12-28-31(3)13-21)15-33-24(22)20(9-26)11-29-33/h4-5,8,10-13,15-16,18H,6-7,14H2,1-3H3,(H,30,34). The van der Waals surface area contributed by atoms with Crippen LogP contribution in [-0.4, -0.2) is 49.4 Å². The van der Waals surface area contributed by atoms with E-state index in [9.17, 15) is 10.1 Å². The molecule has 1 amide bonds. The molecule has 5 rings (SSSR count). The molecule has 34 heavy (non-hydrogen) atoms. The minimum absolute atomic E-state index is 0.0235. The Hall–Kier alpha value is -4.19. The van der Waals surface area contributed by atoms with E-state index in [2.05, 4.69) is 26.5 Å². The van der Waals surface area contributed by atoms with E-state index >= 15 is 0 Å². The number of hydrogen-bond donors (Lipinski definition) is 1. The van der Waals surface area contributed by atoms with E-state index in [1.54, 1.807) is 21.6 Å². The number of aromatic nitrogens is 5. The van der Waals surface area contributed by atoms with Crippen LogP contribution in [0, 0.1) is 17.2 Å². The van der Waals surface area contributed by atoms with Gasteiger partial charge in [-0.3, -0.25) is 9.48 Å². The zero-order chi connectivity index (χ0) is 23.8. The van der Waals surface area contributed by atoms with Gasteiger partial charge in [-0.25, -0.2) is 9.50 Å². The van der Waals surface area contributed by atoms with Crippen LogP contribution in [0.5, 0.6) is 0 Å². The number of aryl methyl sites for hydroxylation is 1. The Morgan fingerprint density at radius 1 is 1.15 bits per heavy atom. The molecule has 0 aromatic carbocycles. The third kappa shape index (κ3) is 3.99. The molecule has 1 saturated heterocycles. The Morgan fingerprint density at radius 2 is 2.00 bits per heavy atom. The van der Waals surface area contributed by atoms with Gasteiger partial charge in [0.25, 0.3) is 0 Å². The van der Waals surface area contributed by atoms with Gasteiger partial charge in [0, 0.05) is 67.0 Å². The van der Waals surface area contributed by atoms with Gasteiger partial charge in [-0.1, -0.05) is 0 Å². The first-order valence-electron chi connectivity index (χ1n) is 11.3. The van der Waals surface area contributed by atoms with Crippen molar-refractivity contribution in [3.05, 3.63) is 54.7 Å². The van der Waals surface area contributed by atoms with Crippen LogP contribution in [0.1, 0.15) is 25.8 Å². The number of rotatable bonds is 5. The normalized spacial score (nSPS) is 15.7. The average Bonchev–Trinajstić information content (AvgIpc) is 3.57. The maximum absolute atomic E-state index is 12.4. The fourth-order valence-electron chi connectivity index (χ4n) is 4.47. The SMILES string of the molecule is CC(C)NC(=O)C1CCN(c2ccc(-c3cc(-c4cnn(C)c4)cn4ncc(C#N)c34)cn2)C1. The number of carbonyl (C=O) groups is 1. The second kappa shape index (κ2) is 8.63. The summed E-state index contributed by atoms with van der Waals surface area (Å²) in [5.41, 5.74) is 4.94. The Morgan fingerprint density at radius 3 is 2.68 bits per heavy atom. The first-order chi connectivity index (χ1) is 16.4. The lowest BCUT2D eigenvalue weighted by Crippen LogP contribution is -2.37. The van der Waals surface area contributed by atoms with Crippen LogP contribution < -0.4 is 10.2 Å². The molecule has 0 aliphatic carbocycles. The van der Waals surface area contributed by atoms with Gasteiger partial charge < -0.3 is 10.2 Å². The van der Waals surface area contributed by atoms with Crippen LogP contribution in [-0.2, 0) is 11.8 Å². The number of hydrogen-bond acceptors (Lipinski definition) is 6. The summed E-state index contributed by atoms with van der Waals surface area (Å²) >= 11 is 0. The number of pyridine rings is 2. The van der Waals surface area contributed by atoms with Crippen molar-refractivity contribution in [1.82, 2.24) is 29.7 Å². The molecule has 1 fully saturated rings. The molecule has 4 aromatic heterocycles. The second-order valence-corrected chi connectivity index (χ2v) is 9.01. The van der Waals surface area contributed by atoms with Crippen LogP contribution in [0.15, 0.2) is 49.2 Å². The molecule has 5 heterocycles. The van der Waals surface area contributed by atoms with Crippen molar-refractivity contribution in [3.8, 4) is 28.3 Å². The van der Waals surface area contributed by atoms with Gasteiger partial charge in [0.1, 0.15) is 11.9 Å². The number of fused-ring (bicyclic) bond motifs is 1. The predicted molar refractivity (Wildman–Crippen MR) is 129 cm³/mol. The van der Waals surface area contributed by atoms with Gasteiger partial charge in [0.2, 0.25) is 5.91 Å². The van der Waals surface area contributed by atoms with Crippen molar-refractivity contribution in [1.29, 1.82) is 5.26 Å². The van der Waals surface area contributed by atoms with Gasteiger partial charge in [-0.2, -0.15) is 15.5 Å². The predicted octanol–water partition coefficient (Wildman–Crippen LogP) is 3.02. The molecule has 172 valence electrons. The molecule has 0 radical (unpaired) electrons. The summed E-state index contributed by atoms with van der Waals surface area (Å²) in [6.07, 6.45) is 9.89. The average molecular weight is 455 g/mol. The summed E-state index contributed by atoms with van der Waals surface area (Å²) in [7, 11) is 1.88. The summed E-state index contributed by atoms with van der Waals surface area (Å²) in [5.74, 6) is 0.926. The van der Waals surface area contributed by atoms with Crippen molar-refractivity contribution < 1.29 is 4.79 Å². The number of nitrogens with zero attached hydrogens (tertiary/aromatic N) is 7. The van der Waals surface area contributed by atoms with Crippen LogP contribution in [0.25, 0.3) is 27.8 Å². The molecule has 0 bridgehead atoms. The molecular weight excluding hydrogens is 428 g/mol. The summed E-state index contributed by atoms with van der Waals surface area (Å²) in [4.78, 5) is 19.2. The summed E-state index contributed by atoms with van der Waals surface area (Å²) in [5, 5.41) is 21.3. The minimum Gasteiger partial charge on any atom is -0.356 e. The van der Waals surface area contributed by atoms with Crippen LogP contribution in [0.3, 0.4) is 0 Å². The van der Waals surface area contributed by atoms with Gasteiger partial charge in [-0.15, -0.1) is 0 Å². The topological polar surface area (TPSA) is 104 Å². The largest absolute Gasteiger partial charge is 0.356 e. The van der Waals surface area contributed by atoms with E-state index < -0.39 is 0 Å². The summed E-state index contributed by atoms with van der Waals surface area (Å²) in [6, 6.07) is 8.42. The fraction of sp³-hybridized carbons (Fsp3) is 0.320. The Kier molecular flexibility index (Phi) is 5.49. The molecule has 4 aromatic rings. The number of carbonyl (C=O) groups excluding carboxylic acids is 1. The lowest BCUT2D eigenvalue weighted by atomic mass is 10.0. The molecule has 9 heteroatoms. The Labute approximate surface area is 197 Å². The zero-order valence-electron chi connectivity index (χ0n) is 19.4. The Bertz CT molecular complexity index is 1390. The molecule has 1 unspecified atom stereocenters. The minimum atomic E-state index is -0.0235. The fourth-order valence-corrected chi connectivity index (χ4v) is 4.47.